The van der Waals surface area contributed by atoms with Gasteiger partial charge in [0.15, 0.2) is 16.9 Å². The summed E-state index contributed by atoms with van der Waals surface area (Å²) >= 11 is 1.24. The molecule has 1 amide bonds. The van der Waals surface area contributed by atoms with Gasteiger partial charge in [0.25, 0.3) is 11.6 Å². The highest BCUT2D eigenvalue weighted by Crippen LogP contribution is 2.43. The quantitative estimate of drug-likeness (QED) is 0.281. The van der Waals surface area contributed by atoms with Crippen LogP contribution >= 0.6 is 11.3 Å². The van der Waals surface area contributed by atoms with Gasteiger partial charge in [-0.05, 0) is 42.0 Å². The molecule has 0 aliphatic rings. The van der Waals surface area contributed by atoms with Gasteiger partial charge < -0.3 is 19.5 Å². The molecule has 0 fully saturated rings. The van der Waals surface area contributed by atoms with Crippen LogP contribution in [0.2, 0.25) is 0 Å². The Hall–Kier alpha value is -4.44. The van der Waals surface area contributed by atoms with E-state index in [1.165, 1.54) is 56.9 Å². The maximum absolute atomic E-state index is 13.6. The van der Waals surface area contributed by atoms with E-state index in [-0.39, 0.29) is 22.2 Å². The average molecular weight is 493 g/mol. The van der Waals surface area contributed by atoms with Crippen molar-refractivity contribution < 1.29 is 23.9 Å². The van der Waals surface area contributed by atoms with E-state index >= 15 is 0 Å². The van der Waals surface area contributed by atoms with E-state index in [9.17, 15) is 19.7 Å². The van der Waals surface area contributed by atoms with Gasteiger partial charge in [0.05, 0.1) is 31.8 Å². The van der Waals surface area contributed by atoms with Crippen molar-refractivity contribution in [3.05, 3.63) is 86.6 Å². The van der Waals surface area contributed by atoms with Gasteiger partial charge in [0.2, 0.25) is 5.75 Å². The third-order valence-corrected chi connectivity index (χ3v) is 6.40. The summed E-state index contributed by atoms with van der Waals surface area (Å²) in [5.41, 5.74) is 0.510. The fraction of sp³-hybridized carbons (Fsp3) is 0.120. The van der Waals surface area contributed by atoms with Gasteiger partial charge in [-0.1, -0.05) is 12.1 Å². The molecule has 0 atom stereocenters. The molecule has 1 N–H and O–H groups in total. The Morgan fingerprint density at radius 1 is 0.943 bits per heavy atom. The van der Waals surface area contributed by atoms with Crippen LogP contribution in [0.25, 0.3) is 21.2 Å². The largest absolute Gasteiger partial charge is 0.493 e. The molecule has 35 heavy (non-hydrogen) atoms. The van der Waals surface area contributed by atoms with Crippen LogP contribution in [0.5, 0.6) is 17.2 Å². The zero-order valence-electron chi connectivity index (χ0n) is 19.0. The number of ether oxygens (including phenoxy) is 3. The number of fused-ring (bicyclic) bond motifs is 1. The van der Waals surface area contributed by atoms with E-state index in [4.69, 9.17) is 14.2 Å². The number of nitro benzene ring substituents is 1. The number of hydrogen-bond acceptors (Lipinski definition) is 8. The summed E-state index contributed by atoms with van der Waals surface area (Å²) in [6.07, 6.45) is 0. The first-order valence-electron chi connectivity index (χ1n) is 10.3. The molecule has 0 saturated carbocycles. The van der Waals surface area contributed by atoms with Gasteiger partial charge in [0.1, 0.15) is 5.00 Å². The van der Waals surface area contributed by atoms with E-state index < -0.39 is 10.8 Å². The van der Waals surface area contributed by atoms with Crippen molar-refractivity contribution in [3.8, 4) is 28.4 Å². The predicted octanol–water partition coefficient (Wildman–Crippen LogP) is 5.11. The lowest BCUT2D eigenvalue weighted by atomic mass is 10.0. The molecule has 178 valence electrons. The predicted molar refractivity (Wildman–Crippen MR) is 134 cm³/mol. The molecule has 0 radical (unpaired) electrons. The number of methoxy groups -OCH3 is 3. The van der Waals surface area contributed by atoms with E-state index in [0.717, 1.165) is 0 Å². The molecule has 0 saturated heterocycles. The minimum absolute atomic E-state index is 0.130. The monoisotopic (exact) mass is 492 g/mol. The maximum Gasteiger partial charge on any atom is 0.269 e. The lowest BCUT2D eigenvalue weighted by molar-refractivity contribution is -0.384. The van der Waals surface area contributed by atoms with Crippen LogP contribution in [0.15, 0.2) is 65.5 Å². The summed E-state index contributed by atoms with van der Waals surface area (Å²) in [4.78, 5) is 37.0. The van der Waals surface area contributed by atoms with Crippen LogP contribution in [0.4, 0.5) is 10.7 Å². The molecular formula is C25H20N2O7S. The van der Waals surface area contributed by atoms with E-state index in [1.807, 2.05) is 0 Å². The van der Waals surface area contributed by atoms with Crippen LogP contribution in [-0.4, -0.2) is 32.2 Å². The molecular weight excluding hydrogens is 472 g/mol. The summed E-state index contributed by atoms with van der Waals surface area (Å²) in [7, 11) is 4.42. The number of amides is 1. The molecule has 0 aliphatic heterocycles. The Kier molecular flexibility index (Phi) is 6.65. The Bertz CT molecular complexity index is 1470. The summed E-state index contributed by atoms with van der Waals surface area (Å²) in [6.45, 7) is 0. The van der Waals surface area contributed by atoms with Crippen LogP contribution in [0, 0.1) is 10.1 Å². The van der Waals surface area contributed by atoms with E-state index in [0.29, 0.717) is 37.9 Å². The molecule has 1 heterocycles. The highest BCUT2D eigenvalue weighted by molar-refractivity contribution is 7.22. The highest BCUT2D eigenvalue weighted by Gasteiger charge is 2.21. The molecule has 1 aromatic heterocycles. The van der Waals surface area contributed by atoms with Crippen LogP contribution in [-0.2, 0) is 0 Å². The minimum atomic E-state index is -0.542. The second-order valence-corrected chi connectivity index (χ2v) is 8.36. The van der Waals surface area contributed by atoms with E-state index in [2.05, 4.69) is 5.32 Å². The molecule has 0 spiro atoms. The zero-order valence-corrected chi connectivity index (χ0v) is 19.8. The molecule has 0 unspecified atom stereocenters. The van der Waals surface area contributed by atoms with Crippen LogP contribution in [0.3, 0.4) is 0 Å². The molecule has 10 heteroatoms. The van der Waals surface area contributed by atoms with E-state index in [1.54, 1.807) is 36.4 Å². The topological polar surface area (TPSA) is 117 Å². The van der Waals surface area contributed by atoms with Gasteiger partial charge in [-0.15, -0.1) is 11.3 Å². The first kappa shape index (κ1) is 23.7. The number of non-ortho nitro benzene ring substituents is 1. The lowest BCUT2D eigenvalue weighted by Gasteiger charge is -2.16. The third kappa shape index (κ3) is 4.51. The number of carbonyl (C=O) groups excluding carboxylic acids is 1. The smallest absolute Gasteiger partial charge is 0.269 e. The summed E-state index contributed by atoms with van der Waals surface area (Å²) in [5, 5.41) is 14.5. The SMILES string of the molecule is COc1cc(-c2c(NC(=O)c3ccc([N+](=O)[O-])cc3)sc3ccccc3c2=O)cc(OC)c1OC. The second kappa shape index (κ2) is 9.82. The fourth-order valence-corrected chi connectivity index (χ4v) is 4.72. The van der Waals surface area contributed by atoms with Gasteiger partial charge in [-0.3, -0.25) is 19.7 Å². The van der Waals surface area contributed by atoms with Crippen LogP contribution in [0.1, 0.15) is 10.4 Å². The van der Waals surface area contributed by atoms with Crippen molar-refractivity contribution in [1.29, 1.82) is 0 Å². The Balaban J connectivity index is 1.89. The number of carbonyl (C=O) groups is 1. The standard InChI is InChI=1S/C25H20N2O7S/c1-32-18-12-15(13-19(33-2)23(18)34-3)21-22(28)17-6-4-5-7-20(17)35-25(21)26-24(29)14-8-10-16(11-9-14)27(30)31/h4-13H,1-3H3,(H,26,29). The molecule has 4 rings (SSSR count). The summed E-state index contributed by atoms with van der Waals surface area (Å²) in [5.74, 6) is 0.561. The van der Waals surface area contributed by atoms with Crippen molar-refractivity contribution in [2.45, 2.75) is 0 Å². The average Bonchev–Trinajstić information content (AvgIpc) is 2.88. The lowest BCUT2D eigenvalue weighted by Crippen LogP contribution is -2.15. The summed E-state index contributed by atoms with van der Waals surface area (Å²) < 4.78 is 17.0. The van der Waals surface area contributed by atoms with Gasteiger partial charge in [-0.2, -0.15) is 0 Å². The molecule has 9 nitrogen and oxygen atoms in total. The first-order valence-corrected chi connectivity index (χ1v) is 11.1. The van der Waals surface area contributed by atoms with Crippen molar-refractivity contribution in [3.63, 3.8) is 0 Å². The zero-order chi connectivity index (χ0) is 25.1. The summed E-state index contributed by atoms with van der Waals surface area (Å²) in [6, 6.07) is 15.6. The molecule has 0 bridgehead atoms. The Morgan fingerprint density at radius 3 is 2.14 bits per heavy atom. The van der Waals surface area contributed by atoms with Gasteiger partial charge >= 0.3 is 0 Å². The number of nitrogens with zero attached hydrogens (tertiary/aromatic N) is 1. The van der Waals surface area contributed by atoms with Gasteiger partial charge in [-0.25, -0.2) is 0 Å². The maximum atomic E-state index is 13.6. The highest BCUT2D eigenvalue weighted by atomic mass is 32.1. The second-order valence-electron chi connectivity index (χ2n) is 7.30. The van der Waals surface area contributed by atoms with Crippen molar-refractivity contribution in [2.75, 3.05) is 26.6 Å². The fourth-order valence-electron chi connectivity index (χ4n) is 3.63. The first-order chi connectivity index (χ1) is 16.9. The normalized spacial score (nSPS) is 10.6. The number of hydrogen-bond donors (Lipinski definition) is 1. The van der Waals surface area contributed by atoms with Crippen molar-refractivity contribution in [1.82, 2.24) is 0 Å². The number of anilines is 1. The molecule has 3 aromatic carbocycles. The Labute approximate surface area is 203 Å². The number of nitrogens with one attached hydrogen (secondary N) is 1. The molecule has 0 aliphatic carbocycles. The minimum Gasteiger partial charge on any atom is -0.493 e. The molecule has 4 aromatic rings. The van der Waals surface area contributed by atoms with Gasteiger partial charge in [0, 0.05) is 27.8 Å². The number of benzene rings is 3. The number of rotatable bonds is 7. The third-order valence-electron chi connectivity index (χ3n) is 5.32. The van der Waals surface area contributed by atoms with Crippen molar-refractivity contribution >= 4 is 38.0 Å². The number of nitro groups is 1. The Morgan fingerprint density at radius 2 is 1.57 bits per heavy atom. The van der Waals surface area contributed by atoms with Crippen molar-refractivity contribution in [2.24, 2.45) is 0 Å². The van der Waals surface area contributed by atoms with Crippen LogP contribution < -0.4 is 25.0 Å².